The lowest BCUT2D eigenvalue weighted by atomic mass is 10.1. The number of benzene rings is 2. The number of hydrogen-bond donors (Lipinski definition) is 1. The van der Waals surface area contributed by atoms with E-state index in [-0.39, 0.29) is 11.6 Å². The van der Waals surface area contributed by atoms with Crippen molar-refractivity contribution in [3.63, 3.8) is 0 Å². The van der Waals surface area contributed by atoms with Gasteiger partial charge in [-0.05, 0) is 79.6 Å². The number of carbonyl (C=O) groups excluding carboxylic acids is 1. The molecule has 0 aliphatic carbocycles. The van der Waals surface area contributed by atoms with E-state index in [0.29, 0.717) is 21.6 Å². The van der Waals surface area contributed by atoms with Crippen molar-refractivity contribution in [1.29, 1.82) is 0 Å². The normalized spacial score (nSPS) is 16.2. The predicted molar refractivity (Wildman–Crippen MR) is 122 cm³/mol. The summed E-state index contributed by atoms with van der Waals surface area (Å²) in [6.45, 7) is 5.80. The van der Waals surface area contributed by atoms with Gasteiger partial charge in [0.25, 0.3) is 11.6 Å². The number of aryl methyl sites for hydroxylation is 3. The molecule has 0 saturated carbocycles. The molecule has 1 aromatic heterocycles. The van der Waals surface area contributed by atoms with Crippen LogP contribution in [0.15, 0.2) is 62.8 Å². The molecule has 2 heterocycles. The molecule has 1 fully saturated rings. The Hall–Kier alpha value is -3.65. The van der Waals surface area contributed by atoms with Gasteiger partial charge < -0.3 is 9.73 Å². The zero-order chi connectivity index (χ0) is 22.1. The number of nitro groups is 1. The van der Waals surface area contributed by atoms with E-state index in [1.54, 1.807) is 31.2 Å². The van der Waals surface area contributed by atoms with Crippen molar-refractivity contribution < 1.29 is 14.1 Å². The van der Waals surface area contributed by atoms with Crippen LogP contribution in [0.2, 0.25) is 0 Å². The summed E-state index contributed by atoms with van der Waals surface area (Å²) < 4.78 is 5.87. The quantitative estimate of drug-likeness (QED) is 0.325. The van der Waals surface area contributed by atoms with E-state index in [0.717, 1.165) is 27.9 Å². The van der Waals surface area contributed by atoms with E-state index in [4.69, 9.17) is 4.42 Å². The monoisotopic (exact) mass is 433 g/mol. The summed E-state index contributed by atoms with van der Waals surface area (Å²) in [6.07, 6.45) is 1.66. The first-order valence-electron chi connectivity index (χ1n) is 9.51. The minimum absolute atomic E-state index is 0.0322. The van der Waals surface area contributed by atoms with Crippen LogP contribution in [0.1, 0.15) is 22.5 Å². The van der Waals surface area contributed by atoms with Crippen molar-refractivity contribution in [3.05, 3.63) is 86.0 Å². The summed E-state index contributed by atoms with van der Waals surface area (Å²) in [4.78, 5) is 27.9. The third kappa shape index (κ3) is 4.59. The van der Waals surface area contributed by atoms with Gasteiger partial charge >= 0.3 is 0 Å². The largest absolute Gasteiger partial charge is 0.457 e. The third-order valence-corrected chi connectivity index (χ3v) is 5.58. The molecule has 0 radical (unpaired) electrons. The van der Waals surface area contributed by atoms with Crippen molar-refractivity contribution in [2.75, 3.05) is 0 Å². The number of furan rings is 1. The summed E-state index contributed by atoms with van der Waals surface area (Å²) in [5, 5.41) is 14.2. The van der Waals surface area contributed by atoms with Crippen LogP contribution in [-0.4, -0.2) is 16.0 Å². The Morgan fingerprint density at radius 1 is 1.06 bits per heavy atom. The first-order chi connectivity index (χ1) is 14.8. The van der Waals surface area contributed by atoms with Gasteiger partial charge in [-0.25, -0.2) is 4.99 Å². The van der Waals surface area contributed by atoms with E-state index in [1.807, 2.05) is 26.0 Å². The molecule has 1 aliphatic heterocycles. The fraction of sp³-hybridized carbons (Fsp3) is 0.130. The second-order valence-corrected chi connectivity index (χ2v) is 8.32. The second-order valence-electron chi connectivity index (χ2n) is 7.29. The Balaban J connectivity index is 1.56. The van der Waals surface area contributed by atoms with E-state index in [9.17, 15) is 14.9 Å². The van der Waals surface area contributed by atoms with Crippen molar-refractivity contribution in [3.8, 4) is 11.3 Å². The standard InChI is InChI=1S/C23H19N3O4S/c1-13-8-14(2)10-16(9-13)24-23-25-22(27)21(31-23)12-18-5-7-20(30-18)19-6-4-17(26(28)29)11-15(19)3/h4-12H,1-3H3,(H,24,25,27)/b21-12-. The lowest BCUT2D eigenvalue weighted by Gasteiger charge is -2.02. The molecule has 31 heavy (non-hydrogen) atoms. The Labute approximate surface area is 183 Å². The van der Waals surface area contributed by atoms with Crippen LogP contribution in [0.4, 0.5) is 11.4 Å². The van der Waals surface area contributed by atoms with E-state index < -0.39 is 4.92 Å². The predicted octanol–water partition coefficient (Wildman–Crippen LogP) is 5.67. The number of aliphatic imine (C=N–C) groups is 1. The molecule has 0 atom stereocenters. The second kappa shape index (κ2) is 8.23. The summed E-state index contributed by atoms with van der Waals surface area (Å²) in [6, 6.07) is 14.1. The van der Waals surface area contributed by atoms with Crippen LogP contribution < -0.4 is 5.32 Å². The molecular weight excluding hydrogens is 414 g/mol. The summed E-state index contributed by atoms with van der Waals surface area (Å²) >= 11 is 1.25. The van der Waals surface area contributed by atoms with Gasteiger partial charge in [-0.2, -0.15) is 0 Å². The maximum atomic E-state index is 12.4. The Morgan fingerprint density at radius 2 is 1.81 bits per heavy atom. The molecule has 0 bridgehead atoms. The highest BCUT2D eigenvalue weighted by Gasteiger charge is 2.24. The maximum absolute atomic E-state index is 12.4. The molecule has 1 amide bonds. The van der Waals surface area contributed by atoms with Crippen molar-refractivity contribution >= 4 is 40.3 Å². The van der Waals surface area contributed by atoms with Gasteiger partial charge in [-0.1, -0.05) is 6.07 Å². The number of rotatable bonds is 4. The molecule has 3 aromatic rings. The van der Waals surface area contributed by atoms with Crippen LogP contribution >= 0.6 is 11.8 Å². The average molecular weight is 433 g/mol. The van der Waals surface area contributed by atoms with Gasteiger partial charge in [0.05, 0.1) is 15.5 Å². The number of thioether (sulfide) groups is 1. The molecule has 0 spiro atoms. The number of nitrogens with one attached hydrogen (secondary N) is 1. The highest BCUT2D eigenvalue weighted by molar-refractivity contribution is 8.18. The van der Waals surface area contributed by atoms with Crippen molar-refractivity contribution in [2.24, 2.45) is 4.99 Å². The minimum atomic E-state index is -0.429. The van der Waals surface area contributed by atoms with Crippen LogP contribution in [0.25, 0.3) is 17.4 Å². The number of nitrogens with zero attached hydrogens (tertiary/aromatic N) is 2. The zero-order valence-electron chi connectivity index (χ0n) is 17.1. The molecule has 4 rings (SSSR count). The number of non-ortho nitro benzene ring substituents is 1. The van der Waals surface area contributed by atoms with E-state index in [2.05, 4.69) is 16.4 Å². The Kier molecular flexibility index (Phi) is 5.48. The highest BCUT2D eigenvalue weighted by atomic mass is 32.2. The molecule has 8 heteroatoms. The van der Waals surface area contributed by atoms with Gasteiger partial charge in [0.2, 0.25) is 0 Å². The van der Waals surface area contributed by atoms with Gasteiger partial charge in [0.15, 0.2) is 5.17 Å². The molecule has 1 N–H and O–H groups in total. The molecule has 156 valence electrons. The van der Waals surface area contributed by atoms with Crippen LogP contribution in [0.5, 0.6) is 0 Å². The molecule has 0 unspecified atom stereocenters. The third-order valence-electron chi connectivity index (χ3n) is 4.67. The van der Waals surface area contributed by atoms with Gasteiger partial charge in [0.1, 0.15) is 11.5 Å². The zero-order valence-corrected chi connectivity index (χ0v) is 17.9. The average Bonchev–Trinajstić information content (AvgIpc) is 3.27. The molecular formula is C23H19N3O4S. The molecule has 7 nitrogen and oxygen atoms in total. The lowest BCUT2D eigenvalue weighted by Crippen LogP contribution is -2.19. The fourth-order valence-electron chi connectivity index (χ4n) is 3.36. The first kappa shape index (κ1) is 20.6. The van der Waals surface area contributed by atoms with E-state index >= 15 is 0 Å². The van der Waals surface area contributed by atoms with Crippen LogP contribution in [0.3, 0.4) is 0 Å². The SMILES string of the molecule is Cc1cc(C)cc(N=C2NC(=O)/C(=C/c3ccc(-c4ccc([N+](=O)[O-])cc4C)o3)S2)c1. The van der Waals surface area contributed by atoms with Crippen LogP contribution in [0, 0.1) is 30.9 Å². The number of nitro benzene ring substituents is 1. The van der Waals surface area contributed by atoms with Gasteiger partial charge in [0, 0.05) is 23.8 Å². The topological polar surface area (TPSA) is 97.7 Å². The molecule has 1 saturated heterocycles. The summed E-state index contributed by atoms with van der Waals surface area (Å²) in [7, 11) is 0. The van der Waals surface area contributed by atoms with Gasteiger partial charge in [-0.3, -0.25) is 14.9 Å². The van der Waals surface area contributed by atoms with Gasteiger partial charge in [-0.15, -0.1) is 0 Å². The first-order valence-corrected chi connectivity index (χ1v) is 10.3. The smallest absolute Gasteiger partial charge is 0.269 e. The highest BCUT2D eigenvalue weighted by Crippen LogP contribution is 2.32. The molecule has 1 aliphatic rings. The Morgan fingerprint density at radius 3 is 2.48 bits per heavy atom. The maximum Gasteiger partial charge on any atom is 0.269 e. The summed E-state index contributed by atoms with van der Waals surface area (Å²) in [5.74, 6) is 0.849. The minimum Gasteiger partial charge on any atom is -0.457 e. The number of carbonyl (C=O) groups is 1. The van der Waals surface area contributed by atoms with Crippen LogP contribution in [-0.2, 0) is 4.79 Å². The van der Waals surface area contributed by atoms with E-state index in [1.165, 1.54) is 23.9 Å². The Bertz CT molecular complexity index is 1250. The number of hydrogen-bond acceptors (Lipinski definition) is 6. The molecule has 2 aromatic carbocycles. The number of amides is 1. The summed E-state index contributed by atoms with van der Waals surface area (Å²) in [5.41, 5.74) is 4.53. The van der Waals surface area contributed by atoms with Crippen molar-refractivity contribution in [2.45, 2.75) is 20.8 Å². The number of amidine groups is 1. The van der Waals surface area contributed by atoms with Crippen molar-refractivity contribution in [1.82, 2.24) is 5.32 Å². The fourth-order valence-corrected chi connectivity index (χ4v) is 4.18. The lowest BCUT2D eigenvalue weighted by molar-refractivity contribution is -0.384.